The summed E-state index contributed by atoms with van der Waals surface area (Å²) in [5.41, 5.74) is 0. The van der Waals surface area contributed by atoms with Crippen LogP contribution in [-0.2, 0) is 28.6 Å². The minimum atomic E-state index is -0.792. The molecule has 65 heavy (non-hydrogen) atoms. The molecule has 0 aromatic heterocycles. The summed E-state index contributed by atoms with van der Waals surface area (Å²) in [6.07, 6.45) is 67.4. The molecule has 0 N–H and O–H groups in total. The summed E-state index contributed by atoms with van der Waals surface area (Å²) in [5.74, 6) is -0.921. The predicted octanol–water partition coefficient (Wildman–Crippen LogP) is 18.2. The first-order chi connectivity index (χ1) is 32.0. The minimum Gasteiger partial charge on any atom is -0.462 e. The fraction of sp³-hybridized carbons (Fsp3) is 0.746. The molecule has 0 aliphatic heterocycles. The quantitative estimate of drug-likeness (QED) is 0.0262. The van der Waals surface area contributed by atoms with E-state index in [-0.39, 0.29) is 31.1 Å². The van der Waals surface area contributed by atoms with Gasteiger partial charge in [-0.2, -0.15) is 0 Å². The molecule has 0 aliphatic carbocycles. The Balaban J connectivity index is 4.39. The fourth-order valence-electron chi connectivity index (χ4n) is 7.46. The van der Waals surface area contributed by atoms with E-state index in [1.54, 1.807) is 0 Å². The molecule has 0 radical (unpaired) electrons. The van der Waals surface area contributed by atoms with Gasteiger partial charge in [0.1, 0.15) is 13.2 Å². The highest BCUT2D eigenvalue weighted by atomic mass is 16.6. The molecular weight excluding hydrogens is 805 g/mol. The first-order valence-corrected chi connectivity index (χ1v) is 27.4. The van der Waals surface area contributed by atoms with Gasteiger partial charge in [0.15, 0.2) is 6.10 Å². The zero-order valence-electron chi connectivity index (χ0n) is 42.7. The van der Waals surface area contributed by atoms with Crippen LogP contribution in [-0.4, -0.2) is 37.2 Å². The summed E-state index contributed by atoms with van der Waals surface area (Å²) in [7, 11) is 0. The van der Waals surface area contributed by atoms with Crippen LogP contribution in [0.2, 0.25) is 0 Å². The summed E-state index contributed by atoms with van der Waals surface area (Å²) >= 11 is 0. The van der Waals surface area contributed by atoms with Crippen LogP contribution in [0.5, 0.6) is 0 Å². The van der Waals surface area contributed by atoms with Gasteiger partial charge in [-0.15, -0.1) is 0 Å². The maximum absolute atomic E-state index is 12.8. The molecule has 6 nitrogen and oxygen atoms in total. The van der Waals surface area contributed by atoms with Crippen LogP contribution in [0.15, 0.2) is 72.9 Å². The van der Waals surface area contributed by atoms with E-state index in [1.807, 2.05) is 0 Å². The molecule has 0 amide bonds. The summed E-state index contributed by atoms with van der Waals surface area (Å²) in [6.45, 7) is 6.53. The molecule has 0 spiro atoms. The molecule has 0 saturated heterocycles. The van der Waals surface area contributed by atoms with E-state index in [9.17, 15) is 14.4 Å². The largest absolute Gasteiger partial charge is 0.462 e. The Morgan fingerprint density at radius 1 is 0.308 bits per heavy atom. The third kappa shape index (κ3) is 51.7. The fourth-order valence-corrected chi connectivity index (χ4v) is 7.46. The number of carbonyl (C=O) groups is 3. The number of allylic oxidation sites excluding steroid dienone is 12. The number of rotatable bonds is 49. The Hall–Kier alpha value is -3.15. The zero-order valence-corrected chi connectivity index (χ0v) is 42.7. The van der Waals surface area contributed by atoms with Crippen LogP contribution in [0, 0.1) is 0 Å². The van der Waals surface area contributed by atoms with Gasteiger partial charge < -0.3 is 14.2 Å². The van der Waals surface area contributed by atoms with Crippen molar-refractivity contribution in [3.05, 3.63) is 72.9 Å². The third-order valence-electron chi connectivity index (χ3n) is 11.7. The van der Waals surface area contributed by atoms with E-state index in [0.717, 1.165) is 96.3 Å². The van der Waals surface area contributed by atoms with Crippen LogP contribution in [0.3, 0.4) is 0 Å². The van der Waals surface area contributed by atoms with E-state index in [4.69, 9.17) is 14.2 Å². The number of hydrogen-bond donors (Lipinski definition) is 0. The number of ether oxygens (including phenoxy) is 3. The Morgan fingerprint density at radius 3 is 0.923 bits per heavy atom. The zero-order chi connectivity index (χ0) is 47.2. The lowest BCUT2D eigenvalue weighted by atomic mass is 10.1. The summed E-state index contributed by atoms with van der Waals surface area (Å²) < 4.78 is 16.8. The average molecular weight is 907 g/mol. The summed E-state index contributed by atoms with van der Waals surface area (Å²) in [6, 6.07) is 0. The molecule has 0 bridgehead atoms. The molecule has 0 unspecified atom stereocenters. The van der Waals surface area contributed by atoms with Gasteiger partial charge in [-0.05, 0) is 109 Å². The first-order valence-electron chi connectivity index (χ1n) is 27.4. The Morgan fingerprint density at radius 2 is 0.569 bits per heavy atom. The van der Waals surface area contributed by atoms with Crippen molar-refractivity contribution in [2.45, 2.75) is 271 Å². The second-order valence-corrected chi connectivity index (χ2v) is 18.1. The lowest BCUT2D eigenvalue weighted by Gasteiger charge is -2.18. The maximum Gasteiger partial charge on any atom is 0.306 e. The molecule has 1 atom stereocenters. The first kappa shape index (κ1) is 61.9. The number of hydrogen-bond acceptors (Lipinski definition) is 6. The van der Waals surface area contributed by atoms with Gasteiger partial charge in [0.05, 0.1) is 0 Å². The summed E-state index contributed by atoms with van der Waals surface area (Å²) in [4.78, 5) is 38.0. The van der Waals surface area contributed by atoms with Gasteiger partial charge in [-0.3, -0.25) is 14.4 Å². The van der Waals surface area contributed by atoms with Crippen molar-refractivity contribution in [3.63, 3.8) is 0 Å². The van der Waals surface area contributed by atoms with Gasteiger partial charge >= 0.3 is 17.9 Å². The molecule has 0 fully saturated rings. The van der Waals surface area contributed by atoms with Gasteiger partial charge in [-0.1, -0.05) is 209 Å². The van der Waals surface area contributed by atoms with E-state index < -0.39 is 6.10 Å². The third-order valence-corrected chi connectivity index (χ3v) is 11.7. The van der Waals surface area contributed by atoms with Crippen molar-refractivity contribution in [1.82, 2.24) is 0 Å². The van der Waals surface area contributed by atoms with E-state index in [1.165, 1.54) is 128 Å². The standard InChI is InChI=1S/C59H102O6/c1-4-7-10-13-16-19-22-24-26-28-29-31-32-34-37-40-43-46-49-52-58(61)64-55-56(54-63-57(60)51-48-45-42-39-36-21-18-15-12-9-6-3)65-59(62)53-50-47-44-41-38-35-33-30-27-25-23-20-17-14-11-8-5-2/h15-20,24-27,33,35,56H,4-14,21-23,28-32,34,36-55H2,1-3H3/b18-15-,19-16-,20-17-,26-24-,27-25-,35-33-/t56-/m1/s1. The number of unbranched alkanes of at least 4 members (excludes halogenated alkanes) is 26. The van der Waals surface area contributed by atoms with Gasteiger partial charge in [-0.25, -0.2) is 0 Å². The van der Waals surface area contributed by atoms with Gasteiger partial charge in [0, 0.05) is 19.3 Å². The molecule has 0 aromatic carbocycles. The van der Waals surface area contributed by atoms with E-state index in [2.05, 4.69) is 93.7 Å². The summed E-state index contributed by atoms with van der Waals surface area (Å²) in [5, 5.41) is 0. The smallest absolute Gasteiger partial charge is 0.306 e. The van der Waals surface area contributed by atoms with Crippen molar-refractivity contribution >= 4 is 17.9 Å². The molecule has 0 saturated carbocycles. The topological polar surface area (TPSA) is 78.9 Å². The minimum absolute atomic E-state index is 0.0893. The Kier molecular flexibility index (Phi) is 50.9. The lowest BCUT2D eigenvalue weighted by molar-refractivity contribution is -0.167. The van der Waals surface area contributed by atoms with Crippen LogP contribution in [0.1, 0.15) is 265 Å². The van der Waals surface area contributed by atoms with Crippen LogP contribution >= 0.6 is 0 Å². The molecule has 374 valence electrons. The van der Waals surface area contributed by atoms with Crippen LogP contribution < -0.4 is 0 Å². The van der Waals surface area contributed by atoms with Crippen LogP contribution in [0.25, 0.3) is 0 Å². The lowest BCUT2D eigenvalue weighted by Crippen LogP contribution is -2.30. The maximum atomic E-state index is 12.8. The molecule has 0 aliphatic rings. The van der Waals surface area contributed by atoms with Gasteiger partial charge in [0.2, 0.25) is 0 Å². The predicted molar refractivity (Wildman–Crippen MR) is 279 cm³/mol. The highest BCUT2D eigenvalue weighted by Gasteiger charge is 2.19. The Labute approximate surface area is 402 Å². The molecule has 6 heteroatoms. The SMILES string of the molecule is CCCC/C=C\CCCCCCCC(=O)OC[C@H](COC(=O)CCCCCCCCCCC/C=C\C/C=C\CCCCC)OC(=O)CCCCCC/C=C\C/C=C\C/C=C\CCCCC. The van der Waals surface area contributed by atoms with Crippen molar-refractivity contribution in [1.29, 1.82) is 0 Å². The van der Waals surface area contributed by atoms with E-state index in [0.29, 0.717) is 19.3 Å². The normalized spacial score (nSPS) is 12.6. The van der Waals surface area contributed by atoms with Gasteiger partial charge in [0.25, 0.3) is 0 Å². The average Bonchev–Trinajstić information content (AvgIpc) is 3.30. The molecule has 0 aromatic rings. The number of esters is 3. The van der Waals surface area contributed by atoms with Crippen molar-refractivity contribution < 1.29 is 28.6 Å². The second-order valence-electron chi connectivity index (χ2n) is 18.1. The Bertz CT molecular complexity index is 1230. The van der Waals surface area contributed by atoms with Crippen molar-refractivity contribution in [3.8, 4) is 0 Å². The highest BCUT2D eigenvalue weighted by Crippen LogP contribution is 2.14. The molecular formula is C59H102O6. The monoisotopic (exact) mass is 907 g/mol. The van der Waals surface area contributed by atoms with Crippen molar-refractivity contribution in [2.24, 2.45) is 0 Å². The number of carbonyl (C=O) groups excluding carboxylic acids is 3. The molecule has 0 rings (SSSR count). The van der Waals surface area contributed by atoms with E-state index >= 15 is 0 Å². The van der Waals surface area contributed by atoms with Crippen molar-refractivity contribution in [2.75, 3.05) is 13.2 Å². The highest BCUT2D eigenvalue weighted by molar-refractivity contribution is 5.71. The molecule has 0 heterocycles. The second kappa shape index (κ2) is 53.5. The van der Waals surface area contributed by atoms with Crippen LogP contribution in [0.4, 0.5) is 0 Å².